The largest absolute Gasteiger partial charge is 0.493 e. The van der Waals surface area contributed by atoms with Gasteiger partial charge in [0.25, 0.3) is 6.43 Å². The quantitative estimate of drug-likeness (QED) is 0.502. The Kier molecular flexibility index (Phi) is 4.86. The Bertz CT molecular complexity index is 1380. The zero-order chi connectivity index (χ0) is 22.2. The summed E-state index contributed by atoms with van der Waals surface area (Å²) in [6.45, 7) is 0.614. The number of rotatable bonds is 5. The number of halogens is 3. The summed E-state index contributed by atoms with van der Waals surface area (Å²) in [5.41, 5.74) is 1.67. The van der Waals surface area contributed by atoms with Crippen molar-refractivity contribution in [3.8, 4) is 22.9 Å². The Morgan fingerprint density at radius 3 is 2.88 bits per heavy atom. The van der Waals surface area contributed by atoms with Crippen molar-refractivity contribution in [3.63, 3.8) is 0 Å². The third-order valence-electron chi connectivity index (χ3n) is 5.37. The van der Waals surface area contributed by atoms with Crippen LogP contribution >= 0.6 is 0 Å². The summed E-state index contributed by atoms with van der Waals surface area (Å²) in [5.74, 6) is 0.577. The first-order valence-electron chi connectivity index (χ1n) is 9.75. The van der Waals surface area contributed by atoms with Gasteiger partial charge in [-0.25, -0.2) is 23.1 Å². The van der Waals surface area contributed by atoms with Crippen LogP contribution in [0.1, 0.15) is 28.9 Å². The summed E-state index contributed by atoms with van der Waals surface area (Å²) in [6.07, 6.45) is 1.84. The Hall–Kier alpha value is -4.13. The topological polar surface area (TPSA) is 88.1 Å². The number of hydrogen-bond donors (Lipinski definition) is 1. The summed E-state index contributed by atoms with van der Waals surface area (Å²) in [7, 11) is 0. The lowest BCUT2D eigenvalue weighted by molar-refractivity contribution is 0.147. The number of alkyl halides is 2. The lowest BCUT2D eigenvalue weighted by Crippen LogP contribution is -2.10. The van der Waals surface area contributed by atoms with Gasteiger partial charge in [-0.15, -0.1) is 0 Å². The van der Waals surface area contributed by atoms with Crippen LogP contribution in [0.25, 0.3) is 16.6 Å². The molecule has 32 heavy (non-hydrogen) atoms. The number of aromatic nitrogens is 4. The van der Waals surface area contributed by atoms with Crippen molar-refractivity contribution in [2.24, 2.45) is 0 Å². The fraction of sp³-hybridized carbons (Fsp3) is 0.182. The van der Waals surface area contributed by atoms with E-state index in [2.05, 4.69) is 20.3 Å². The third-order valence-corrected chi connectivity index (χ3v) is 5.37. The highest BCUT2D eigenvalue weighted by Crippen LogP contribution is 2.34. The number of nitrogens with one attached hydrogen (secondary N) is 1. The smallest absolute Gasteiger partial charge is 0.280 e. The molecule has 0 amide bonds. The van der Waals surface area contributed by atoms with Gasteiger partial charge in [-0.3, -0.25) is 9.38 Å². The fourth-order valence-corrected chi connectivity index (χ4v) is 3.92. The molecular formula is C22H15F3N6O. The van der Waals surface area contributed by atoms with E-state index >= 15 is 0 Å². The number of ether oxygens (including phenoxy) is 1. The molecule has 4 heterocycles. The molecule has 0 bridgehead atoms. The molecule has 0 saturated heterocycles. The van der Waals surface area contributed by atoms with Gasteiger partial charge in [-0.05, 0) is 18.2 Å². The second kappa shape index (κ2) is 7.85. The van der Waals surface area contributed by atoms with Gasteiger partial charge < -0.3 is 10.1 Å². The zero-order valence-electron chi connectivity index (χ0n) is 16.5. The van der Waals surface area contributed by atoms with Crippen LogP contribution in [0, 0.1) is 17.1 Å². The summed E-state index contributed by atoms with van der Waals surface area (Å²) >= 11 is 0. The molecule has 1 N–H and O–H groups in total. The average Bonchev–Trinajstić information content (AvgIpc) is 3.45. The molecule has 1 aliphatic heterocycles. The van der Waals surface area contributed by atoms with Crippen LogP contribution in [0.4, 0.5) is 19.1 Å². The monoisotopic (exact) mass is 436 g/mol. The summed E-state index contributed by atoms with van der Waals surface area (Å²) in [6, 6.07) is 7.97. The van der Waals surface area contributed by atoms with Crippen LogP contribution in [0.5, 0.6) is 5.75 Å². The molecule has 10 heteroatoms. The van der Waals surface area contributed by atoms with Crippen LogP contribution in [-0.2, 0) is 13.0 Å². The van der Waals surface area contributed by atoms with E-state index < -0.39 is 12.1 Å². The SMILES string of the molecule is N#Cc1ncn2c(NCc3c(F)ccc4c3CCO4)ncc(-c3cccnc3C(F)F)c12. The van der Waals surface area contributed by atoms with Crippen molar-refractivity contribution in [2.75, 3.05) is 11.9 Å². The standard InChI is InChI=1S/C22H15F3N6O/c23-16-3-4-18-12(5-7-32-18)14(16)9-28-22-29-10-15(20-17(8-26)30-11-31(20)22)13-2-1-6-27-19(13)21(24)25/h1-4,6,10-11,21H,5,7,9H2,(H,28,29). The molecule has 0 spiro atoms. The number of hydrogen-bond acceptors (Lipinski definition) is 6. The van der Waals surface area contributed by atoms with E-state index in [4.69, 9.17) is 4.74 Å². The maximum absolute atomic E-state index is 14.5. The molecule has 0 radical (unpaired) electrons. The highest BCUT2D eigenvalue weighted by atomic mass is 19.3. The van der Waals surface area contributed by atoms with Gasteiger partial charge in [-0.2, -0.15) is 5.26 Å². The predicted octanol–water partition coefficient (Wildman–Crippen LogP) is 4.29. The van der Waals surface area contributed by atoms with Crippen molar-refractivity contribution < 1.29 is 17.9 Å². The Balaban J connectivity index is 1.58. The lowest BCUT2D eigenvalue weighted by atomic mass is 10.0. The second-order valence-corrected chi connectivity index (χ2v) is 7.11. The van der Waals surface area contributed by atoms with Crippen molar-refractivity contribution >= 4 is 11.5 Å². The first-order valence-corrected chi connectivity index (χ1v) is 9.75. The van der Waals surface area contributed by atoms with Crippen molar-refractivity contribution in [1.82, 2.24) is 19.4 Å². The molecule has 5 rings (SSSR count). The molecule has 0 aliphatic carbocycles. The predicted molar refractivity (Wildman–Crippen MR) is 109 cm³/mol. The second-order valence-electron chi connectivity index (χ2n) is 7.11. The van der Waals surface area contributed by atoms with Crippen LogP contribution in [0.15, 0.2) is 43.0 Å². The van der Waals surface area contributed by atoms with Crippen molar-refractivity contribution in [3.05, 3.63) is 71.3 Å². The van der Waals surface area contributed by atoms with Crippen LogP contribution < -0.4 is 10.1 Å². The molecule has 0 fully saturated rings. The molecule has 1 aromatic carbocycles. The van der Waals surface area contributed by atoms with Gasteiger partial charge in [0.2, 0.25) is 5.95 Å². The van der Waals surface area contributed by atoms with Crippen molar-refractivity contribution in [2.45, 2.75) is 19.4 Å². The van der Waals surface area contributed by atoms with E-state index in [1.807, 2.05) is 6.07 Å². The Morgan fingerprint density at radius 1 is 1.19 bits per heavy atom. The number of nitriles is 1. The number of imidazole rings is 1. The minimum Gasteiger partial charge on any atom is -0.493 e. The molecule has 0 atom stereocenters. The normalized spacial score (nSPS) is 12.6. The first-order chi connectivity index (χ1) is 15.6. The van der Waals surface area contributed by atoms with Gasteiger partial charge >= 0.3 is 0 Å². The van der Waals surface area contributed by atoms with Gasteiger partial charge in [0.05, 0.1) is 12.1 Å². The third kappa shape index (κ3) is 3.19. The van der Waals surface area contributed by atoms with Crippen LogP contribution in [-0.4, -0.2) is 26.0 Å². The molecule has 0 saturated carbocycles. The van der Waals surface area contributed by atoms with Crippen LogP contribution in [0.2, 0.25) is 0 Å². The van der Waals surface area contributed by atoms with Gasteiger partial charge in [0, 0.05) is 47.6 Å². The van der Waals surface area contributed by atoms with Crippen molar-refractivity contribution in [1.29, 1.82) is 5.26 Å². The Labute approximate surface area is 180 Å². The lowest BCUT2D eigenvalue weighted by Gasteiger charge is -2.14. The number of benzene rings is 1. The highest BCUT2D eigenvalue weighted by Gasteiger charge is 2.22. The zero-order valence-corrected chi connectivity index (χ0v) is 16.5. The van der Waals surface area contributed by atoms with Crippen LogP contribution in [0.3, 0.4) is 0 Å². The molecule has 160 valence electrons. The molecule has 0 unspecified atom stereocenters. The van der Waals surface area contributed by atoms with E-state index in [9.17, 15) is 18.4 Å². The summed E-state index contributed by atoms with van der Waals surface area (Å²) < 4.78 is 48.5. The average molecular weight is 436 g/mol. The molecule has 7 nitrogen and oxygen atoms in total. The maximum Gasteiger partial charge on any atom is 0.280 e. The minimum atomic E-state index is -2.80. The number of anilines is 1. The van der Waals surface area contributed by atoms with E-state index in [1.54, 1.807) is 6.07 Å². The molecule has 4 aromatic rings. The minimum absolute atomic E-state index is 0.0507. The number of pyridine rings is 1. The summed E-state index contributed by atoms with van der Waals surface area (Å²) in [4.78, 5) is 12.2. The number of nitrogens with zero attached hydrogens (tertiary/aromatic N) is 5. The van der Waals surface area contributed by atoms with E-state index in [1.165, 1.54) is 41.3 Å². The molecule has 3 aromatic heterocycles. The van der Waals surface area contributed by atoms with E-state index in [-0.39, 0.29) is 29.6 Å². The molecule has 1 aliphatic rings. The van der Waals surface area contributed by atoms with E-state index in [0.29, 0.717) is 35.4 Å². The fourth-order valence-electron chi connectivity index (χ4n) is 3.92. The summed E-state index contributed by atoms with van der Waals surface area (Å²) in [5, 5.41) is 12.6. The van der Waals surface area contributed by atoms with Gasteiger partial charge in [-0.1, -0.05) is 6.07 Å². The number of fused-ring (bicyclic) bond motifs is 2. The van der Waals surface area contributed by atoms with E-state index in [0.717, 1.165) is 5.56 Å². The Morgan fingerprint density at radius 2 is 2.06 bits per heavy atom. The molecular weight excluding hydrogens is 421 g/mol. The maximum atomic E-state index is 14.5. The van der Waals surface area contributed by atoms with Gasteiger partial charge in [0.1, 0.15) is 29.7 Å². The highest BCUT2D eigenvalue weighted by molar-refractivity contribution is 5.85. The van der Waals surface area contributed by atoms with Gasteiger partial charge in [0.15, 0.2) is 5.69 Å². The first kappa shape index (κ1) is 19.8.